The van der Waals surface area contributed by atoms with Crippen LogP contribution in [0.25, 0.3) is 16.6 Å². The fourth-order valence-electron chi connectivity index (χ4n) is 4.57. The van der Waals surface area contributed by atoms with Gasteiger partial charge in [-0.3, -0.25) is 19.6 Å². The first-order valence-electron chi connectivity index (χ1n) is 13.0. The van der Waals surface area contributed by atoms with Gasteiger partial charge < -0.3 is 14.9 Å². The van der Waals surface area contributed by atoms with Crippen molar-refractivity contribution in [1.29, 1.82) is 0 Å². The number of hydrogen-bond acceptors (Lipinski definition) is 6. The van der Waals surface area contributed by atoms with Gasteiger partial charge in [0, 0.05) is 22.7 Å². The monoisotopic (exact) mass is 580 g/mol. The van der Waals surface area contributed by atoms with E-state index in [4.69, 9.17) is 21.1 Å². The van der Waals surface area contributed by atoms with Gasteiger partial charge >= 0.3 is 12.1 Å². The maximum absolute atomic E-state index is 13.9. The molecule has 0 aliphatic carbocycles. The van der Waals surface area contributed by atoms with Crippen molar-refractivity contribution in [2.45, 2.75) is 65.5 Å². The number of urea groups is 1. The number of carboxylic acid groups (broad SMARTS) is 1. The van der Waals surface area contributed by atoms with Crippen molar-refractivity contribution < 1.29 is 19.2 Å². The van der Waals surface area contributed by atoms with Crippen LogP contribution in [0.2, 0.25) is 5.02 Å². The van der Waals surface area contributed by atoms with Crippen molar-refractivity contribution in [1.82, 2.24) is 19.6 Å². The molecule has 0 fully saturated rings. The summed E-state index contributed by atoms with van der Waals surface area (Å²) in [6.07, 6.45) is -1.16. The number of carbonyl (C=O) groups excluding carboxylic acids is 1. The van der Waals surface area contributed by atoms with Crippen molar-refractivity contribution in [3.63, 3.8) is 0 Å². The average molecular weight is 581 g/mol. The quantitative estimate of drug-likeness (QED) is 0.235. The molecule has 216 valence electrons. The molecule has 4 rings (SSSR count). The Morgan fingerprint density at radius 1 is 1.05 bits per heavy atom. The number of anilines is 2. The van der Waals surface area contributed by atoms with E-state index >= 15 is 0 Å². The summed E-state index contributed by atoms with van der Waals surface area (Å²) in [7, 11) is 0. The van der Waals surface area contributed by atoms with Gasteiger partial charge in [0.05, 0.1) is 27.7 Å². The Balaban J connectivity index is 1.77. The molecule has 1 atom stereocenters. The van der Waals surface area contributed by atoms with Crippen molar-refractivity contribution in [3.8, 4) is 5.69 Å². The molecule has 1 unspecified atom stereocenters. The van der Waals surface area contributed by atoms with Gasteiger partial charge in [0.25, 0.3) is 5.56 Å². The lowest BCUT2D eigenvalue weighted by atomic mass is 9.93. The van der Waals surface area contributed by atoms with E-state index in [0.717, 1.165) is 0 Å². The summed E-state index contributed by atoms with van der Waals surface area (Å²) in [4.78, 5) is 44.9. The molecule has 3 N–H and O–H groups in total. The smallest absolute Gasteiger partial charge is 0.408 e. The van der Waals surface area contributed by atoms with E-state index in [-0.39, 0.29) is 27.5 Å². The minimum Gasteiger partial charge on any atom is -0.465 e. The Kier molecular flexibility index (Phi) is 7.86. The predicted molar refractivity (Wildman–Crippen MR) is 158 cm³/mol. The summed E-state index contributed by atoms with van der Waals surface area (Å²) >= 11 is 6.41. The summed E-state index contributed by atoms with van der Waals surface area (Å²) in [5.41, 5.74) is -0.474. The molecule has 0 bridgehead atoms. The lowest BCUT2D eigenvalue weighted by Crippen LogP contribution is -2.47. The van der Waals surface area contributed by atoms with Crippen molar-refractivity contribution in [3.05, 3.63) is 75.5 Å². The molecule has 4 aromatic rings. The zero-order valence-electron chi connectivity index (χ0n) is 23.9. The second kappa shape index (κ2) is 10.9. The number of halogens is 1. The van der Waals surface area contributed by atoms with E-state index < -0.39 is 29.3 Å². The van der Waals surface area contributed by atoms with Gasteiger partial charge in [-0.25, -0.2) is 14.6 Å². The van der Waals surface area contributed by atoms with E-state index in [0.29, 0.717) is 22.7 Å². The van der Waals surface area contributed by atoms with Crippen LogP contribution in [0.15, 0.2) is 57.8 Å². The third-order valence-corrected chi connectivity index (χ3v) is 6.73. The number of aromatic nitrogens is 3. The van der Waals surface area contributed by atoms with Gasteiger partial charge in [-0.15, -0.1) is 0 Å². The molecule has 2 aromatic heterocycles. The van der Waals surface area contributed by atoms with Gasteiger partial charge in [-0.2, -0.15) is 0 Å². The van der Waals surface area contributed by atoms with Crippen LogP contribution >= 0.6 is 11.6 Å². The first-order valence-corrected chi connectivity index (χ1v) is 13.3. The number of benzene rings is 2. The summed E-state index contributed by atoms with van der Waals surface area (Å²) < 4.78 is 6.65. The van der Waals surface area contributed by atoms with Gasteiger partial charge in [0.2, 0.25) is 0 Å². The maximum atomic E-state index is 13.9. The second-order valence-electron chi connectivity index (χ2n) is 11.7. The van der Waals surface area contributed by atoms with Crippen molar-refractivity contribution in [2.75, 3.05) is 10.6 Å². The molecular formula is C29H33ClN6O5. The van der Waals surface area contributed by atoms with Gasteiger partial charge in [-0.05, 0) is 58.0 Å². The number of amides is 3. The Bertz CT molecular complexity index is 1680. The molecule has 0 aliphatic rings. The SMILES string of the molecule is CC(c1nc2cccc(Cl)c2c(=O)n1-c1cccc(NC(=O)Nc2cc(C(C)(C)C)on2)c1)N(C(=O)O)C(C)(C)C. The van der Waals surface area contributed by atoms with Gasteiger partial charge in [0.1, 0.15) is 11.6 Å². The summed E-state index contributed by atoms with van der Waals surface area (Å²) in [5, 5.41) is 19.7. The number of fused-ring (bicyclic) bond motifs is 1. The van der Waals surface area contributed by atoms with Gasteiger partial charge in [0.15, 0.2) is 5.82 Å². The highest BCUT2D eigenvalue weighted by molar-refractivity contribution is 6.35. The van der Waals surface area contributed by atoms with Crippen LogP contribution in [-0.2, 0) is 5.41 Å². The lowest BCUT2D eigenvalue weighted by Gasteiger charge is -2.38. The molecular weight excluding hydrogens is 548 g/mol. The number of hydrogen-bond donors (Lipinski definition) is 3. The molecule has 11 nitrogen and oxygen atoms in total. The molecule has 0 aliphatic heterocycles. The number of carbonyl (C=O) groups is 2. The van der Waals surface area contributed by atoms with Crippen molar-refractivity contribution in [2.24, 2.45) is 0 Å². The lowest BCUT2D eigenvalue weighted by molar-refractivity contribution is 0.0719. The molecule has 0 saturated heterocycles. The van der Waals surface area contributed by atoms with Gasteiger partial charge in [-0.1, -0.05) is 49.7 Å². The average Bonchev–Trinajstić information content (AvgIpc) is 3.31. The van der Waals surface area contributed by atoms with E-state index in [9.17, 15) is 19.5 Å². The molecule has 2 aromatic carbocycles. The van der Waals surface area contributed by atoms with E-state index in [1.54, 1.807) is 76.2 Å². The summed E-state index contributed by atoms with van der Waals surface area (Å²) in [6.45, 7) is 12.9. The number of nitrogens with zero attached hydrogens (tertiary/aromatic N) is 4. The predicted octanol–water partition coefficient (Wildman–Crippen LogP) is 6.81. The molecule has 41 heavy (non-hydrogen) atoms. The van der Waals surface area contributed by atoms with Crippen LogP contribution in [0.4, 0.5) is 21.1 Å². The van der Waals surface area contributed by atoms with Crippen LogP contribution in [0.1, 0.15) is 66.1 Å². The number of rotatable bonds is 5. The first-order chi connectivity index (χ1) is 19.1. The Hall–Kier alpha value is -4.38. The van der Waals surface area contributed by atoms with Crippen LogP contribution in [0, 0.1) is 0 Å². The highest BCUT2D eigenvalue weighted by Gasteiger charge is 2.34. The third kappa shape index (κ3) is 6.19. The topological polar surface area (TPSA) is 143 Å². The van der Waals surface area contributed by atoms with E-state index in [1.807, 2.05) is 20.8 Å². The maximum Gasteiger partial charge on any atom is 0.408 e. The molecule has 12 heteroatoms. The summed E-state index contributed by atoms with van der Waals surface area (Å²) in [5.74, 6) is 1.06. The minimum atomic E-state index is -1.16. The van der Waals surface area contributed by atoms with E-state index in [2.05, 4.69) is 15.8 Å². The molecule has 0 spiro atoms. The van der Waals surface area contributed by atoms with Crippen LogP contribution in [0.5, 0.6) is 0 Å². The Morgan fingerprint density at radius 3 is 2.34 bits per heavy atom. The molecule has 3 amide bonds. The third-order valence-electron chi connectivity index (χ3n) is 6.42. The second-order valence-corrected chi connectivity index (χ2v) is 12.1. The highest BCUT2D eigenvalue weighted by Crippen LogP contribution is 2.30. The van der Waals surface area contributed by atoms with Crippen molar-refractivity contribution >= 4 is 46.1 Å². The largest absolute Gasteiger partial charge is 0.465 e. The fraction of sp³-hybridized carbons (Fsp3) is 0.345. The zero-order chi connectivity index (χ0) is 30.3. The normalized spacial score (nSPS) is 12.7. The van der Waals surface area contributed by atoms with Crippen LogP contribution < -0.4 is 16.2 Å². The first kappa shape index (κ1) is 29.6. The van der Waals surface area contributed by atoms with Crippen LogP contribution in [0.3, 0.4) is 0 Å². The fourth-order valence-corrected chi connectivity index (χ4v) is 4.83. The Labute approximate surface area is 242 Å². The Morgan fingerprint density at radius 2 is 1.73 bits per heavy atom. The molecule has 0 saturated carbocycles. The highest BCUT2D eigenvalue weighted by atomic mass is 35.5. The van der Waals surface area contributed by atoms with E-state index in [1.165, 1.54) is 9.47 Å². The molecule has 0 radical (unpaired) electrons. The standard InChI is InChI=1S/C29H33ClN6O5/c1-16(36(27(39)40)29(5,6)7)24-32-20-13-9-12-19(30)23(20)25(37)35(24)18-11-8-10-17(14-18)31-26(38)33-22-15-21(41-34-22)28(2,3)4/h8-16H,1-7H3,(H,39,40)(H2,31,33,34,38). The minimum absolute atomic E-state index is 0.194. The molecule has 2 heterocycles. The number of nitrogens with one attached hydrogen (secondary N) is 2. The van der Waals surface area contributed by atoms with Crippen LogP contribution in [-0.4, -0.2) is 42.4 Å². The zero-order valence-corrected chi connectivity index (χ0v) is 24.7. The summed E-state index contributed by atoms with van der Waals surface area (Å²) in [6, 6.07) is 11.8.